The minimum atomic E-state index is -3.23. The molecule has 0 fully saturated rings. The highest BCUT2D eigenvalue weighted by Gasteiger charge is 2.19. The van der Waals surface area contributed by atoms with Gasteiger partial charge < -0.3 is 5.73 Å². The van der Waals surface area contributed by atoms with Gasteiger partial charge in [-0.3, -0.25) is 0 Å². The molecule has 4 nitrogen and oxygen atoms in total. The molecule has 0 aromatic carbocycles. The number of hydrogen-bond donors (Lipinski definition) is 2. The molecule has 0 saturated heterocycles. The van der Waals surface area contributed by atoms with Crippen molar-refractivity contribution in [2.45, 2.75) is 19.9 Å². The number of sulfonamides is 1. The van der Waals surface area contributed by atoms with E-state index in [4.69, 9.17) is 18.0 Å². The van der Waals surface area contributed by atoms with Gasteiger partial charge in [-0.05, 0) is 5.92 Å². The second-order valence-electron chi connectivity index (χ2n) is 3.01. The molecule has 0 aromatic rings. The topological polar surface area (TPSA) is 72.2 Å². The van der Waals surface area contributed by atoms with Crippen LogP contribution in [0.4, 0.5) is 0 Å². The average Bonchev–Trinajstić information content (AvgIpc) is 1.79. The van der Waals surface area contributed by atoms with Crippen LogP contribution >= 0.6 is 12.2 Å². The van der Waals surface area contributed by atoms with E-state index in [1.54, 1.807) is 0 Å². The Labute approximate surface area is 78.6 Å². The van der Waals surface area contributed by atoms with Crippen LogP contribution in [0.1, 0.15) is 13.8 Å². The molecule has 0 amide bonds. The summed E-state index contributed by atoms with van der Waals surface area (Å²) in [6.45, 7) is 3.70. The van der Waals surface area contributed by atoms with Gasteiger partial charge in [0.2, 0.25) is 10.0 Å². The summed E-state index contributed by atoms with van der Waals surface area (Å²) in [4.78, 5) is 0.176. The first-order valence-corrected chi connectivity index (χ1v) is 5.80. The molecule has 6 heteroatoms. The number of thiocarbonyl (C=S) groups is 1. The second-order valence-corrected chi connectivity index (χ2v) is 5.27. The molecule has 12 heavy (non-hydrogen) atoms. The lowest BCUT2D eigenvalue weighted by Gasteiger charge is -2.19. The van der Waals surface area contributed by atoms with E-state index >= 15 is 0 Å². The first-order valence-electron chi connectivity index (χ1n) is 3.50. The van der Waals surface area contributed by atoms with E-state index in [0.717, 1.165) is 6.26 Å². The third-order valence-corrected chi connectivity index (χ3v) is 2.25. The lowest BCUT2D eigenvalue weighted by molar-refractivity contribution is 0.530. The Bertz CT molecular complexity index is 259. The Kier molecular flexibility index (Phi) is 4.09. The minimum Gasteiger partial charge on any atom is -0.392 e. The maximum absolute atomic E-state index is 10.8. The summed E-state index contributed by atoms with van der Waals surface area (Å²) in [7, 11) is -3.23. The highest BCUT2D eigenvalue weighted by molar-refractivity contribution is 7.88. The van der Waals surface area contributed by atoms with Crippen molar-refractivity contribution in [2.24, 2.45) is 11.7 Å². The minimum absolute atomic E-state index is 0.0669. The summed E-state index contributed by atoms with van der Waals surface area (Å²) in [6, 6.07) is -0.449. The van der Waals surface area contributed by atoms with Crippen LogP contribution in [0.15, 0.2) is 0 Å². The van der Waals surface area contributed by atoms with E-state index in [9.17, 15) is 8.42 Å². The fraction of sp³-hybridized carbons (Fsp3) is 0.833. The average molecular weight is 210 g/mol. The fourth-order valence-electron chi connectivity index (χ4n) is 0.753. The van der Waals surface area contributed by atoms with E-state index in [-0.39, 0.29) is 10.9 Å². The summed E-state index contributed by atoms with van der Waals surface area (Å²) < 4.78 is 24.0. The lowest BCUT2D eigenvalue weighted by atomic mass is 10.1. The molecule has 0 aromatic heterocycles. The summed E-state index contributed by atoms with van der Waals surface area (Å²) in [5, 5.41) is 0. The molecule has 0 rings (SSSR count). The van der Waals surface area contributed by atoms with Crippen molar-refractivity contribution >= 4 is 27.2 Å². The summed E-state index contributed by atoms with van der Waals surface area (Å²) >= 11 is 4.71. The lowest BCUT2D eigenvalue weighted by Crippen LogP contribution is -2.46. The third kappa shape index (κ3) is 4.63. The zero-order valence-corrected chi connectivity index (χ0v) is 9.00. The van der Waals surface area contributed by atoms with Gasteiger partial charge in [-0.25, -0.2) is 13.1 Å². The Hall–Kier alpha value is -0.200. The third-order valence-electron chi connectivity index (χ3n) is 1.31. The Morgan fingerprint density at radius 3 is 2.00 bits per heavy atom. The Morgan fingerprint density at radius 1 is 1.50 bits per heavy atom. The van der Waals surface area contributed by atoms with Gasteiger partial charge >= 0.3 is 0 Å². The second kappa shape index (κ2) is 4.15. The van der Waals surface area contributed by atoms with E-state index in [1.165, 1.54) is 0 Å². The fourth-order valence-corrected chi connectivity index (χ4v) is 2.02. The molecule has 0 aliphatic rings. The molecule has 0 heterocycles. The van der Waals surface area contributed by atoms with Crippen LogP contribution in [-0.4, -0.2) is 25.7 Å². The summed E-state index contributed by atoms with van der Waals surface area (Å²) in [5.74, 6) is 0.0669. The molecule has 0 spiro atoms. The van der Waals surface area contributed by atoms with Crippen molar-refractivity contribution in [3.05, 3.63) is 0 Å². The largest absolute Gasteiger partial charge is 0.392 e. The molecule has 0 radical (unpaired) electrons. The number of nitrogens with two attached hydrogens (primary N) is 1. The predicted molar refractivity (Wildman–Crippen MR) is 53.4 cm³/mol. The van der Waals surface area contributed by atoms with Gasteiger partial charge in [0.05, 0.1) is 17.3 Å². The van der Waals surface area contributed by atoms with Gasteiger partial charge in [0, 0.05) is 0 Å². The van der Waals surface area contributed by atoms with Crippen LogP contribution in [0.25, 0.3) is 0 Å². The summed E-state index contributed by atoms with van der Waals surface area (Å²) in [6.07, 6.45) is 1.08. The Morgan fingerprint density at radius 2 is 1.92 bits per heavy atom. The molecular formula is C6H14N2O2S2. The Balaban J connectivity index is 4.46. The van der Waals surface area contributed by atoms with Crippen molar-refractivity contribution in [1.29, 1.82) is 0 Å². The van der Waals surface area contributed by atoms with Crippen LogP contribution in [0.2, 0.25) is 0 Å². The van der Waals surface area contributed by atoms with E-state index < -0.39 is 16.1 Å². The number of hydrogen-bond acceptors (Lipinski definition) is 3. The number of rotatable bonds is 4. The normalized spacial score (nSPS) is 14.7. The zero-order valence-electron chi connectivity index (χ0n) is 7.37. The van der Waals surface area contributed by atoms with Gasteiger partial charge in [0.1, 0.15) is 0 Å². The van der Waals surface area contributed by atoms with Crippen molar-refractivity contribution < 1.29 is 8.42 Å². The van der Waals surface area contributed by atoms with Gasteiger partial charge in [0.15, 0.2) is 0 Å². The summed E-state index contributed by atoms with van der Waals surface area (Å²) in [5.41, 5.74) is 5.35. The standard InChI is InChI=1S/C6H14N2O2S2/c1-4(2)5(6(7)11)8-12(3,9)10/h4-5,8H,1-3H3,(H2,7,11). The SMILES string of the molecule is CC(C)C(NS(C)(=O)=O)C(N)=S. The van der Waals surface area contributed by atoms with Crippen LogP contribution in [0, 0.1) is 5.92 Å². The molecule has 1 atom stereocenters. The van der Waals surface area contributed by atoms with Crippen LogP contribution < -0.4 is 10.5 Å². The molecule has 1 unspecified atom stereocenters. The predicted octanol–water partition coefficient (Wildman–Crippen LogP) is -0.154. The highest BCUT2D eigenvalue weighted by Crippen LogP contribution is 2.02. The van der Waals surface area contributed by atoms with Crippen molar-refractivity contribution in [3.8, 4) is 0 Å². The maximum Gasteiger partial charge on any atom is 0.209 e. The smallest absolute Gasteiger partial charge is 0.209 e. The monoisotopic (exact) mass is 210 g/mol. The van der Waals surface area contributed by atoms with Crippen LogP contribution in [0.3, 0.4) is 0 Å². The molecule has 72 valence electrons. The van der Waals surface area contributed by atoms with Gasteiger partial charge in [-0.15, -0.1) is 0 Å². The molecule has 0 aliphatic carbocycles. The van der Waals surface area contributed by atoms with E-state index in [1.807, 2.05) is 13.8 Å². The first kappa shape index (κ1) is 11.8. The first-order chi connectivity index (χ1) is 5.24. The van der Waals surface area contributed by atoms with Crippen LogP contribution in [0.5, 0.6) is 0 Å². The molecule has 3 N–H and O–H groups in total. The highest BCUT2D eigenvalue weighted by atomic mass is 32.2. The molecule has 0 bridgehead atoms. The van der Waals surface area contributed by atoms with Gasteiger partial charge in [-0.2, -0.15) is 0 Å². The maximum atomic E-state index is 10.8. The van der Waals surface area contributed by atoms with Crippen molar-refractivity contribution in [1.82, 2.24) is 4.72 Å². The number of nitrogens with one attached hydrogen (secondary N) is 1. The molecular weight excluding hydrogens is 196 g/mol. The van der Waals surface area contributed by atoms with Gasteiger partial charge in [0.25, 0.3) is 0 Å². The van der Waals surface area contributed by atoms with E-state index in [2.05, 4.69) is 4.72 Å². The molecule has 0 aliphatic heterocycles. The molecule has 0 saturated carbocycles. The van der Waals surface area contributed by atoms with Crippen molar-refractivity contribution in [3.63, 3.8) is 0 Å². The van der Waals surface area contributed by atoms with Gasteiger partial charge in [-0.1, -0.05) is 26.1 Å². The zero-order chi connectivity index (χ0) is 9.94. The quantitative estimate of drug-likeness (QED) is 0.633. The van der Waals surface area contributed by atoms with E-state index in [0.29, 0.717) is 0 Å². The van der Waals surface area contributed by atoms with Crippen molar-refractivity contribution in [2.75, 3.05) is 6.26 Å². The van der Waals surface area contributed by atoms with Crippen LogP contribution in [-0.2, 0) is 10.0 Å².